The van der Waals surface area contributed by atoms with Gasteiger partial charge in [0.2, 0.25) is 0 Å². The van der Waals surface area contributed by atoms with Crippen LogP contribution in [-0.4, -0.2) is 37.1 Å². The number of nitrogens with one attached hydrogen (secondary N) is 1. The van der Waals surface area contributed by atoms with Crippen LogP contribution in [0, 0.1) is 11.8 Å². The monoisotopic (exact) mass is 270 g/mol. The molecule has 0 aromatic rings. The van der Waals surface area contributed by atoms with Crippen LogP contribution in [0.25, 0.3) is 0 Å². The molecular formula is C17H38N2. The molecule has 1 atom stereocenters. The molecule has 0 rings (SSSR count). The van der Waals surface area contributed by atoms with E-state index in [1.807, 2.05) is 0 Å². The molecular weight excluding hydrogens is 232 g/mol. The highest BCUT2D eigenvalue weighted by atomic mass is 15.1. The van der Waals surface area contributed by atoms with Crippen molar-refractivity contribution in [3.63, 3.8) is 0 Å². The van der Waals surface area contributed by atoms with E-state index in [1.165, 1.54) is 45.3 Å². The SMILES string of the molecule is CCC(CC)CN(CC)C(C)CCCNCC(C)C. The van der Waals surface area contributed by atoms with Crippen LogP contribution >= 0.6 is 0 Å². The van der Waals surface area contributed by atoms with Crippen molar-refractivity contribution in [3.8, 4) is 0 Å². The molecule has 0 fully saturated rings. The summed E-state index contributed by atoms with van der Waals surface area (Å²) in [5, 5.41) is 3.54. The Hall–Kier alpha value is -0.0800. The largest absolute Gasteiger partial charge is 0.316 e. The molecule has 1 unspecified atom stereocenters. The Kier molecular flexibility index (Phi) is 11.7. The first-order valence-electron chi connectivity index (χ1n) is 8.49. The number of hydrogen-bond donors (Lipinski definition) is 1. The number of hydrogen-bond acceptors (Lipinski definition) is 2. The fourth-order valence-corrected chi connectivity index (χ4v) is 2.60. The lowest BCUT2D eigenvalue weighted by molar-refractivity contribution is 0.171. The number of rotatable bonds is 12. The van der Waals surface area contributed by atoms with E-state index in [0.717, 1.165) is 24.4 Å². The van der Waals surface area contributed by atoms with Gasteiger partial charge in [0, 0.05) is 12.6 Å². The molecule has 2 nitrogen and oxygen atoms in total. The molecule has 0 radical (unpaired) electrons. The summed E-state index contributed by atoms with van der Waals surface area (Å²) in [6, 6.07) is 0.728. The van der Waals surface area contributed by atoms with Gasteiger partial charge in [0.1, 0.15) is 0 Å². The standard InChI is InChI=1S/C17H38N2/c1-7-17(8-2)14-19(9-3)16(6)11-10-12-18-13-15(4)5/h15-18H,7-14H2,1-6H3. The molecule has 0 aromatic heterocycles. The minimum atomic E-state index is 0.728. The van der Waals surface area contributed by atoms with Crippen molar-refractivity contribution in [2.24, 2.45) is 11.8 Å². The molecule has 0 saturated heterocycles. The topological polar surface area (TPSA) is 15.3 Å². The molecule has 0 aliphatic heterocycles. The quantitative estimate of drug-likeness (QED) is 0.536. The van der Waals surface area contributed by atoms with Gasteiger partial charge < -0.3 is 10.2 Å². The maximum atomic E-state index is 3.54. The van der Waals surface area contributed by atoms with Crippen LogP contribution in [0.1, 0.15) is 67.2 Å². The fourth-order valence-electron chi connectivity index (χ4n) is 2.60. The van der Waals surface area contributed by atoms with Gasteiger partial charge in [0.15, 0.2) is 0 Å². The zero-order valence-electron chi connectivity index (χ0n) is 14.3. The van der Waals surface area contributed by atoms with Gasteiger partial charge in [-0.05, 0) is 51.2 Å². The van der Waals surface area contributed by atoms with Crippen LogP contribution < -0.4 is 5.32 Å². The molecule has 0 heterocycles. The van der Waals surface area contributed by atoms with Crippen molar-refractivity contribution < 1.29 is 0 Å². The molecule has 0 spiro atoms. The normalized spacial score (nSPS) is 13.7. The third-order valence-electron chi connectivity index (χ3n) is 4.20. The van der Waals surface area contributed by atoms with Gasteiger partial charge in [0.05, 0.1) is 0 Å². The summed E-state index contributed by atoms with van der Waals surface area (Å²) in [7, 11) is 0. The average Bonchev–Trinajstić information content (AvgIpc) is 2.39. The summed E-state index contributed by atoms with van der Waals surface area (Å²) in [6.45, 7) is 18.7. The van der Waals surface area contributed by atoms with Crippen LogP contribution in [-0.2, 0) is 0 Å². The maximum absolute atomic E-state index is 3.54. The molecule has 0 saturated carbocycles. The third kappa shape index (κ3) is 9.45. The minimum Gasteiger partial charge on any atom is -0.316 e. The predicted molar refractivity (Wildman–Crippen MR) is 87.7 cm³/mol. The summed E-state index contributed by atoms with van der Waals surface area (Å²) < 4.78 is 0. The second-order valence-corrected chi connectivity index (χ2v) is 6.36. The zero-order valence-corrected chi connectivity index (χ0v) is 14.3. The van der Waals surface area contributed by atoms with Crippen molar-refractivity contribution in [3.05, 3.63) is 0 Å². The summed E-state index contributed by atoms with van der Waals surface area (Å²) in [6.07, 6.45) is 5.25. The van der Waals surface area contributed by atoms with Gasteiger partial charge >= 0.3 is 0 Å². The van der Waals surface area contributed by atoms with Crippen LogP contribution in [0.5, 0.6) is 0 Å². The molecule has 0 aliphatic carbocycles. The highest BCUT2D eigenvalue weighted by molar-refractivity contribution is 4.70. The van der Waals surface area contributed by atoms with Crippen molar-refractivity contribution in [1.82, 2.24) is 10.2 Å². The zero-order chi connectivity index (χ0) is 14.7. The Bertz CT molecular complexity index is 188. The molecule has 1 N–H and O–H groups in total. The Labute approximate surface area is 122 Å². The lowest BCUT2D eigenvalue weighted by Gasteiger charge is -2.31. The van der Waals surface area contributed by atoms with E-state index >= 15 is 0 Å². The highest BCUT2D eigenvalue weighted by Gasteiger charge is 2.15. The van der Waals surface area contributed by atoms with E-state index in [9.17, 15) is 0 Å². The van der Waals surface area contributed by atoms with E-state index in [1.54, 1.807) is 0 Å². The first-order valence-corrected chi connectivity index (χ1v) is 8.49. The first kappa shape index (κ1) is 18.9. The van der Waals surface area contributed by atoms with Crippen molar-refractivity contribution >= 4 is 0 Å². The lowest BCUT2D eigenvalue weighted by Crippen LogP contribution is -2.37. The Morgan fingerprint density at radius 1 is 1.00 bits per heavy atom. The van der Waals surface area contributed by atoms with Crippen molar-refractivity contribution in [1.29, 1.82) is 0 Å². The van der Waals surface area contributed by atoms with Crippen molar-refractivity contribution in [2.45, 2.75) is 73.3 Å². The van der Waals surface area contributed by atoms with Crippen molar-refractivity contribution in [2.75, 3.05) is 26.2 Å². The molecule has 116 valence electrons. The smallest absolute Gasteiger partial charge is 0.00674 e. The Morgan fingerprint density at radius 2 is 1.63 bits per heavy atom. The van der Waals surface area contributed by atoms with Crippen LogP contribution in [0.3, 0.4) is 0 Å². The van der Waals surface area contributed by atoms with E-state index in [2.05, 4.69) is 51.8 Å². The highest BCUT2D eigenvalue weighted by Crippen LogP contribution is 2.14. The molecule has 2 heteroatoms. The average molecular weight is 271 g/mol. The van der Waals surface area contributed by atoms with Crippen LogP contribution in [0.15, 0.2) is 0 Å². The molecule has 0 aliphatic rings. The van der Waals surface area contributed by atoms with Gasteiger partial charge in [-0.25, -0.2) is 0 Å². The van der Waals surface area contributed by atoms with E-state index in [-0.39, 0.29) is 0 Å². The summed E-state index contributed by atoms with van der Waals surface area (Å²) in [5.74, 6) is 1.64. The lowest BCUT2D eigenvalue weighted by atomic mass is 10.0. The Morgan fingerprint density at radius 3 is 2.11 bits per heavy atom. The summed E-state index contributed by atoms with van der Waals surface area (Å²) in [4.78, 5) is 2.67. The summed E-state index contributed by atoms with van der Waals surface area (Å²) in [5.41, 5.74) is 0. The van der Waals surface area contributed by atoms with Gasteiger partial charge in [0.25, 0.3) is 0 Å². The molecule has 0 bridgehead atoms. The second kappa shape index (κ2) is 11.7. The maximum Gasteiger partial charge on any atom is 0.00674 e. The number of nitrogens with zero attached hydrogens (tertiary/aromatic N) is 1. The second-order valence-electron chi connectivity index (χ2n) is 6.36. The van der Waals surface area contributed by atoms with E-state index < -0.39 is 0 Å². The molecule has 0 amide bonds. The van der Waals surface area contributed by atoms with Gasteiger partial charge in [-0.15, -0.1) is 0 Å². The first-order chi connectivity index (χ1) is 9.04. The molecule has 0 aromatic carbocycles. The van der Waals surface area contributed by atoms with Crippen LogP contribution in [0.4, 0.5) is 0 Å². The predicted octanol–water partition coefficient (Wildman–Crippen LogP) is 4.16. The van der Waals surface area contributed by atoms with E-state index in [0.29, 0.717) is 0 Å². The minimum absolute atomic E-state index is 0.728. The van der Waals surface area contributed by atoms with Gasteiger partial charge in [-0.2, -0.15) is 0 Å². The van der Waals surface area contributed by atoms with Crippen LogP contribution in [0.2, 0.25) is 0 Å². The molecule has 19 heavy (non-hydrogen) atoms. The summed E-state index contributed by atoms with van der Waals surface area (Å²) >= 11 is 0. The fraction of sp³-hybridized carbons (Fsp3) is 1.00. The van der Waals surface area contributed by atoms with Gasteiger partial charge in [-0.3, -0.25) is 0 Å². The van der Waals surface area contributed by atoms with Gasteiger partial charge in [-0.1, -0.05) is 47.5 Å². The third-order valence-corrected chi connectivity index (χ3v) is 4.20. The van der Waals surface area contributed by atoms with E-state index in [4.69, 9.17) is 0 Å². The Balaban J connectivity index is 3.84.